The lowest BCUT2D eigenvalue weighted by Crippen LogP contribution is -2.53. The summed E-state index contributed by atoms with van der Waals surface area (Å²) in [6, 6.07) is 5.02. The Balaban J connectivity index is 2.23. The Hall–Kier alpha value is -1.91. The number of hydrogen-bond donors (Lipinski definition) is 2. The summed E-state index contributed by atoms with van der Waals surface area (Å²) < 4.78 is 13.3. The molecule has 0 aromatic heterocycles. The third-order valence-corrected chi connectivity index (χ3v) is 3.74. The maximum absolute atomic E-state index is 13.3. The van der Waals surface area contributed by atoms with E-state index in [9.17, 15) is 14.0 Å². The summed E-state index contributed by atoms with van der Waals surface area (Å²) in [5.41, 5.74) is -0.153. The van der Waals surface area contributed by atoms with Gasteiger partial charge in [-0.25, -0.2) is 4.39 Å². The lowest BCUT2D eigenvalue weighted by atomic mass is 9.63. The Morgan fingerprint density at radius 1 is 1.42 bits per heavy atom. The van der Waals surface area contributed by atoms with Crippen molar-refractivity contribution in [2.45, 2.75) is 37.6 Å². The van der Waals surface area contributed by atoms with Crippen LogP contribution in [0.3, 0.4) is 0 Å². The first-order chi connectivity index (χ1) is 8.95. The summed E-state index contributed by atoms with van der Waals surface area (Å²) in [6.45, 7) is 1.41. The number of carboxylic acid groups (broad SMARTS) is 1. The van der Waals surface area contributed by atoms with Gasteiger partial charge in [-0.2, -0.15) is 0 Å². The molecule has 1 aliphatic carbocycles. The second-order valence-corrected chi connectivity index (χ2v) is 4.98. The minimum Gasteiger partial charge on any atom is -0.480 e. The summed E-state index contributed by atoms with van der Waals surface area (Å²) in [7, 11) is 0. The monoisotopic (exact) mass is 265 g/mol. The molecular formula is C14H16FNO3. The molecule has 1 unspecified atom stereocenters. The van der Waals surface area contributed by atoms with Gasteiger partial charge in [-0.3, -0.25) is 9.59 Å². The highest BCUT2D eigenvalue weighted by molar-refractivity contribution is 5.92. The van der Waals surface area contributed by atoms with E-state index < -0.39 is 17.4 Å². The predicted octanol–water partition coefficient (Wildman–Crippen LogP) is 1.84. The lowest BCUT2D eigenvalue weighted by Gasteiger charge is -2.41. The highest BCUT2D eigenvalue weighted by Gasteiger charge is 2.46. The van der Waals surface area contributed by atoms with Crippen molar-refractivity contribution in [3.63, 3.8) is 0 Å². The average Bonchev–Trinajstić information content (AvgIpc) is 2.27. The minimum absolute atomic E-state index is 0.334. The number of hydrogen-bond acceptors (Lipinski definition) is 2. The number of carbonyl (C=O) groups is 2. The zero-order valence-corrected chi connectivity index (χ0v) is 10.6. The Morgan fingerprint density at radius 2 is 2.11 bits per heavy atom. The molecule has 0 bridgehead atoms. The Morgan fingerprint density at radius 3 is 2.58 bits per heavy atom. The first kappa shape index (κ1) is 13.5. The Bertz CT molecular complexity index is 511. The molecule has 1 aliphatic rings. The number of amides is 1. The van der Waals surface area contributed by atoms with E-state index >= 15 is 0 Å². The van der Waals surface area contributed by atoms with E-state index in [1.807, 2.05) is 0 Å². The SMILES string of the molecule is CC(NC(=O)C1(c2cccc(F)c2)CCC1)C(=O)O. The molecule has 1 atom stereocenters. The second kappa shape index (κ2) is 4.99. The third-order valence-electron chi connectivity index (χ3n) is 3.74. The van der Waals surface area contributed by atoms with Gasteiger partial charge in [-0.15, -0.1) is 0 Å². The van der Waals surface area contributed by atoms with Crippen LogP contribution in [0.15, 0.2) is 24.3 Å². The molecule has 1 aromatic carbocycles. The van der Waals surface area contributed by atoms with Crippen molar-refractivity contribution in [3.8, 4) is 0 Å². The molecule has 1 amide bonds. The molecule has 0 saturated heterocycles. The first-order valence-corrected chi connectivity index (χ1v) is 6.25. The van der Waals surface area contributed by atoms with Gasteiger partial charge in [0, 0.05) is 0 Å². The minimum atomic E-state index is -1.08. The van der Waals surface area contributed by atoms with Gasteiger partial charge in [0.05, 0.1) is 5.41 Å². The molecule has 1 saturated carbocycles. The highest BCUT2D eigenvalue weighted by atomic mass is 19.1. The van der Waals surface area contributed by atoms with Crippen molar-refractivity contribution in [2.24, 2.45) is 0 Å². The first-order valence-electron chi connectivity index (χ1n) is 6.25. The van der Waals surface area contributed by atoms with Crippen LogP contribution >= 0.6 is 0 Å². The van der Waals surface area contributed by atoms with Crippen LogP contribution in [0, 0.1) is 5.82 Å². The van der Waals surface area contributed by atoms with Crippen molar-refractivity contribution >= 4 is 11.9 Å². The number of benzene rings is 1. The number of carbonyl (C=O) groups excluding carboxylic acids is 1. The molecule has 0 radical (unpaired) electrons. The fraction of sp³-hybridized carbons (Fsp3) is 0.429. The van der Waals surface area contributed by atoms with Crippen LogP contribution in [0.1, 0.15) is 31.7 Å². The van der Waals surface area contributed by atoms with Crippen molar-refractivity contribution in [1.29, 1.82) is 0 Å². The lowest BCUT2D eigenvalue weighted by molar-refractivity contribution is -0.143. The smallest absolute Gasteiger partial charge is 0.325 e. The van der Waals surface area contributed by atoms with E-state index in [1.54, 1.807) is 12.1 Å². The molecule has 0 aliphatic heterocycles. The van der Waals surface area contributed by atoms with Gasteiger partial charge in [0.1, 0.15) is 11.9 Å². The standard InChI is InChI=1S/C14H16FNO3/c1-9(12(17)18)16-13(19)14(6-3-7-14)10-4-2-5-11(15)8-10/h2,4-5,8-9H,3,6-7H2,1H3,(H,16,19)(H,17,18). The van der Waals surface area contributed by atoms with Crippen molar-refractivity contribution in [1.82, 2.24) is 5.32 Å². The molecule has 102 valence electrons. The summed E-state index contributed by atoms with van der Waals surface area (Å²) in [5, 5.41) is 11.3. The summed E-state index contributed by atoms with van der Waals surface area (Å²) in [6.07, 6.45) is 2.12. The fourth-order valence-electron chi connectivity index (χ4n) is 2.36. The maximum Gasteiger partial charge on any atom is 0.325 e. The number of halogens is 1. The predicted molar refractivity (Wildman–Crippen MR) is 67.2 cm³/mol. The normalized spacial score (nSPS) is 18.2. The van der Waals surface area contributed by atoms with Crippen LogP contribution in [-0.4, -0.2) is 23.0 Å². The van der Waals surface area contributed by atoms with Crippen molar-refractivity contribution in [3.05, 3.63) is 35.6 Å². The molecule has 1 fully saturated rings. The topological polar surface area (TPSA) is 66.4 Å². The van der Waals surface area contributed by atoms with Crippen molar-refractivity contribution in [2.75, 3.05) is 0 Å². The number of rotatable bonds is 4. The van der Waals surface area contributed by atoms with E-state index in [0.717, 1.165) is 6.42 Å². The summed E-state index contributed by atoms with van der Waals surface area (Å²) in [5.74, 6) is -1.80. The quantitative estimate of drug-likeness (QED) is 0.873. The number of nitrogens with one attached hydrogen (secondary N) is 1. The molecule has 0 heterocycles. The van der Waals surface area contributed by atoms with E-state index in [4.69, 9.17) is 5.11 Å². The number of carboxylic acids is 1. The van der Waals surface area contributed by atoms with Gasteiger partial charge in [0.2, 0.25) is 5.91 Å². The Labute approximate surface area is 110 Å². The highest BCUT2D eigenvalue weighted by Crippen LogP contribution is 2.44. The Kier molecular flexibility index (Phi) is 3.55. The molecule has 5 heteroatoms. The van der Waals surface area contributed by atoms with E-state index in [1.165, 1.54) is 19.1 Å². The van der Waals surface area contributed by atoms with Gasteiger partial charge < -0.3 is 10.4 Å². The van der Waals surface area contributed by atoms with Crippen LogP contribution in [-0.2, 0) is 15.0 Å². The van der Waals surface area contributed by atoms with Gasteiger partial charge in [0.25, 0.3) is 0 Å². The van der Waals surface area contributed by atoms with Crippen molar-refractivity contribution < 1.29 is 19.1 Å². The van der Waals surface area contributed by atoms with Gasteiger partial charge in [0.15, 0.2) is 0 Å². The largest absolute Gasteiger partial charge is 0.480 e. The fourth-order valence-corrected chi connectivity index (χ4v) is 2.36. The molecule has 19 heavy (non-hydrogen) atoms. The summed E-state index contributed by atoms with van der Waals surface area (Å²) in [4.78, 5) is 23.1. The van der Waals surface area contributed by atoms with Gasteiger partial charge >= 0.3 is 5.97 Å². The van der Waals surface area contributed by atoms with E-state index in [2.05, 4.69) is 5.32 Å². The zero-order valence-electron chi connectivity index (χ0n) is 10.6. The second-order valence-electron chi connectivity index (χ2n) is 4.98. The molecule has 2 N–H and O–H groups in total. The van der Waals surface area contributed by atoms with Crippen LogP contribution in [0.4, 0.5) is 4.39 Å². The zero-order chi connectivity index (χ0) is 14.0. The van der Waals surface area contributed by atoms with Crippen LogP contribution < -0.4 is 5.32 Å². The third kappa shape index (κ3) is 2.45. The van der Waals surface area contributed by atoms with Crippen LogP contribution in [0.5, 0.6) is 0 Å². The molecule has 4 nitrogen and oxygen atoms in total. The molecule has 0 spiro atoms. The van der Waals surface area contributed by atoms with Gasteiger partial charge in [-0.05, 0) is 37.5 Å². The molecular weight excluding hydrogens is 249 g/mol. The summed E-state index contributed by atoms with van der Waals surface area (Å²) >= 11 is 0. The van der Waals surface area contributed by atoms with Crippen LogP contribution in [0.2, 0.25) is 0 Å². The average molecular weight is 265 g/mol. The van der Waals surface area contributed by atoms with Gasteiger partial charge in [-0.1, -0.05) is 18.6 Å². The maximum atomic E-state index is 13.3. The molecule has 1 aromatic rings. The van der Waals surface area contributed by atoms with E-state index in [-0.39, 0.29) is 11.7 Å². The van der Waals surface area contributed by atoms with E-state index in [0.29, 0.717) is 18.4 Å². The van der Waals surface area contributed by atoms with Crippen LogP contribution in [0.25, 0.3) is 0 Å². The number of aliphatic carboxylic acids is 1. The molecule has 2 rings (SSSR count).